The lowest BCUT2D eigenvalue weighted by Gasteiger charge is -2.11. The molecule has 1 atom stereocenters. The van der Waals surface area contributed by atoms with Gasteiger partial charge in [-0.25, -0.2) is 0 Å². The molecule has 0 heterocycles. The Hall–Kier alpha value is -1.65. The summed E-state index contributed by atoms with van der Waals surface area (Å²) < 4.78 is 37.7. The van der Waals surface area contributed by atoms with Gasteiger partial charge < -0.3 is 10.8 Å². The van der Waals surface area contributed by atoms with Crippen molar-refractivity contribution < 1.29 is 18.3 Å². The first-order valence-corrected chi connectivity index (χ1v) is 5.63. The molecule has 5 heteroatoms. The highest BCUT2D eigenvalue weighted by Crippen LogP contribution is 2.36. The van der Waals surface area contributed by atoms with Gasteiger partial charge in [-0.15, -0.1) is 0 Å². The highest BCUT2D eigenvalue weighted by atomic mass is 19.4. The summed E-state index contributed by atoms with van der Waals surface area (Å²) >= 11 is 0. The molecule has 1 rings (SSSR count). The zero-order chi connectivity index (χ0) is 13.9. The van der Waals surface area contributed by atoms with Gasteiger partial charge in [-0.1, -0.05) is 32.4 Å². The molecule has 0 aliphatic rings. The van der Waals surface area contributed by atoms with E-state index in [0.29, 0.717) is 6.07 Å². The second-order valence-corrected chi connectivity index (χ2v) is 4.24. The lowest BCUT2D eigenvalue weighted by molar-refractivity contribution is -0.137. The van der Waals surface area contributed by atoms with Crippen molar-refractivity contribution in [3.05, 3.63) is 29.3 Å². The van der Waals surface area contributed by atoms with Crippen LogP contribution in [-0.2, 0) is 6.18 Å². The third-order valence-electron chi connectivity index (χ3n) is 2.77. The van der Waals surface area contributed by atoms with E-state index in [1.807, 2.05) is 13.8 Å². The van der Waals surface area contributed by atoms with Crippen molar-refractivity contribution >= 4 is 11.8 Å². The summed E-state index contributed by atoms with van der Waals surface area (Å²) in [5.41, 5.74) is 4.79. The predicted octanol–water partition coefficient (Wildman–Crippen LogP) is 4.05. The molecule has 0 radical (unpaired) electrons. The van der Waals surface area contributed by atoms with E-state index in [4.69, 9.17) is 5.73 Å². The van der Waals surface area contributed by atoms with Crippen LogP contribution in [0, 0.1) is 5.92 Å². The number of nitrogen functional groups attached to an aromatic ring is 1. The Morgan fingerprint density at radius 1 is 1.39 bits per heavy atom. The number of hydrogen-bond acceptors (Lipinski definition) is 2. The van der Waals surface area contributed by atoms with E-state index in [-0.39, 0.29) is 17.2 Å². The second-order valence-electron chi connectivity index (χ2n) is 4.24. The number of rotatable bonds is 3. The molecule has 0 aromatic heterocycles. The number of halogens is 3. The van der Waals surface area contributed by atoms with Gasteiger partial charge in [0, 0.05) is 5.56 Å². The van der Waals surface area contributed by atoms with Crippen molar-refractivity contribution in [2.45, 2.75) is 26.4 Å². The summed E-state index contributed by atoms with van der Waals surface area (Å²) in [4.78, 5) is 0. The summed E-state index contributed by atoms with van der Waals surface area (Å²) in [5.74, 6) is -0.310. The zero-order valence-corrected chi connectivity index (χ0v) is 10.3. The Bertz CT molecular complexity index is 452. The van der Waals surface area contributed by atoms with Gasteiger partial charge in [0.25, 0.3) is 0 Å². The Morgan fingerprint density at radius 3 is 2.50 bits per heavy atom. The molecule has 0 saturated heterocycles. The first-order valence-electron chi connectivity index (χ1n) is 5.63. The standard InChI is InChI=1S/C13H16F3NO/c1-3-8(2)4-5-9-6-10(13(14,15)16)7-11(18)12(9)17/h4-8,18H,3,17H2,1-2H3/b5-4-. The molecule has 0 bridgehead atoms. The van der Waals surface area contributed by atoms with Crippen molar-refractivity contribution in [1.29, 1.82) is 0 Å². The minimum atomic E-state index is -4.50. The van der Waals surface area contributed by atoms with Crippen LogP contribution in [-0.4, -0.2) is 5.11 Å². The largest absolute Gasteiger partial charge is 0.506 e. The normalized spacial score (nSPS) is 14.1. The zero-order valence-electron chi connectivity index (χ0n) is 10.3. The molecule has 2 nitrogen and oxygen atoms in total. The topological polar surface area (TPSA) is 46.2 Å². The summed E-state index contributed by atoms with van der Waals surface area (Å²) in [6.45, 7) is 3.92. The van der Waals surface area contributed by atoms with Crippen molar-refractivity contribution in [3.63, 3.8) is 0 Å². The lowest BCUT2D eigenvalue weighted by atomic mass is 10.0. The SMILES string of the molecule is CCC(C)/C=C\c1cc(C(F)(F)F)cc(O)c1N. The van der Waals surface area contributed by atoms with Gasteiger partial charge in [-0.2, -0.15) is 13.2 Å². The van der Waals surface area contributed by atoms with Gasteiger partial charge in [-0.05, 0) is 18.1 Å². The molecule has 18 heavy (non-hydrogen) atoms. The van der Waals surface area contributed by atoms with E-state index in [9.17, 15) is 18.3 Å². The molecular weight excluding hydrogens is 243 g/mol. The third-order valence-corrected chi connectivity index (χ3v) is 2.77. The summed E-state index contributed by atoms with van der Waals surface area (Å²) in [5, 5.41) is 9.41. The molecule has 0 amide bonds. The second kappa shape index (κ2) is 5.33. The molecule has 1 unspecified atom stereocenters. The molecule has 0 aliphatic carbocycles. The first kappa shape index (κ1) is 14.4. The quantitative estimate of drug-likeness (QED) is 0.635. The predicted molar refractivity (Wildman–Crippen MR) is 66.0 cm³/mol. The number of benzene rings is 1. The third kappa shape index (κ3) is 3.42. The van der Waals surface area contributed by atoms with Crippen LogP contribution < -0.4 is 5.73 Å². The maximum absolute atomic E-state index is 12.6. The highest BCUT2D eigenvalue weighted by molar-refractivity contribution is 5.71. The van der Waals surface area contributed by atoms with Gasteiger partial charge in [0.1, 0.15) is 5.75 Å². The summed E-state index contributed by atoms with van der Waals surface area (Å²) in [6, 6.07) is 1.57. The smallest absolute Gasteiger partial charge is 0.416 e. The Morgan fingerprint density at radius 2 is 2.00 bits per heavy atom. The van der Waals surface area contributed by atoms with Crippen LogP contribution in [0.3, 0.4) is 0 Å². The maximum atomic E-state index is 12.6. The number of alkyl halides is 3. The number of nitrogens with two attached hydrogens (primary N) is 1. The number of hydrogen-bond donors (Lipinski definition) is 2. The van der Waals surface area contributed by atoms with Crippen molar-refractivity contribution in [1.82, 2.24) is 0 Å². The van der Waals surface area contributed by atoms with Crippen LogP contribution in [0.2, 0.25) is 0 Å². The van der Waals surface area contributed by atoms with Crippen molar-refractivity contribution in [3.8, 4) is 5.75 Å². The van der Waals surface area contributed by atoms with Gasteiger partial charge >= 0.3 is 6.18 Å². The minimum absolute atomic E-state index is 0.0393. The Kier molecular flexibility index (Phi) is 4.27. The number of phenolic OH excluding ortho intramolecular Hbond substituents is 1. The number of anilines is 1. The van der Waals surface area contributed by atoms with E-state index >= 15 is 0 Å². The van der Waals surface area contributed by atoms with E-state index < -0.39 is 17.5 Å². The Labute approximate surface area is 104 Å². The van der Waals surface area contributed by atoms with Crippen molar-refractivity contribution in [2.24, 2.45) is 5.92 Å². The van der Waals surface area contributed by atoms with Gasteiger partial charge in [0.05, 0.1) is 11.3 Å². The molecule has 1 aromatic rings. The molecule has 0 saturated carbocycles. The fourth-order valence-electron chi connectivity index (χ4n) is 1.37. The van der Waals surface area contributed by atoms with Crippen molar-refractivity contribution in [2.75, 3.05) is 5.73 Å². The van der Waals surface area contributed by atoms with Crippen LogP contribution in [0.25, 0.3) is 6.08 Å². The molecule has 0 aliphatic heterocycles. The van der Waals surface area contributed by atoms with E-state index in [1.54, 1.807) is 6.08 Å². The summed E-state index contributed by atoms with van der Waals surface area (Å²) in [7, 11) is 0. The van der Waals surface area contributed by atoms with Crippen LogP contribution >= 0.6 is 0 Å². The van der Waals surface area contributed by atoms with Gasteiger partial charge in [0.2, 0.25) is 0 Å². The molecule has 0 fully saturated rings. The Balaban J connectivity index is 3.19. The van der Waals surface area contributed by atoms with Gasteiger partial charge in [-0.3, -0.25) is 0 Å². The molecule has 1 aromatic carbocycles. The number of phenols is 1. The van der Waals surface area contributed by atoms with E-state index in [0.717, 1.165) is 12.5 Å². The fourth-order valence-corrected chi connectivity index (χ4v) is 1.37. The van der Waals surface area contributed by atoms with Crippen LogP contribution in [0.1, 0.15) is 31.4 Å². The number of allylic oxidation sites excluding steroid dienone is 1. The average Bonchev–Trinajstić information content (AvgIpc) is 2.28. The maximum Gasteiger partial charge on any atom is 0.416 e. The lowest BCUT2D eigenvalue weighted by Crippen LogP contribution is -2.06. The van der Waals surface area contributed by atoms with E-state index in [2.05, 4.69) is 0 Å². The highest BCUT2D eigenvalue weighted by Gasteiger charge is 2.31. The minimum Gasteiger partial charge on any atom is -0.506 e. The average molecular weight is 259 g/mol. The molecule has 0 spiro atoms. The van der Waals surface area contributed by atoms with Crippen LogP contribution in [0.5, 0.6) is 5.75 Å². The molecule has 3 N–H and O–H groups in total. The monoisotopic (exact) mass is 259 g/mol. The van der Waals surface area contributed by atoms with E-state index in [1.165, 1.54) is 6.08 Å². The summed E-state index contributed by atoms with van der Waals surface area (Å²) in [6.07, 6.45) is -0.338. The molecular formula is C13H16F3NO. The van der Waals surface area contributed by atoms with Gasteiger partial charge in [0.15, 0.2) is 0 Å². The number of aromatic hydroxyl groups is 1. The fraction of sp³-hybridized carbons (Fsp3) is 0.385. The molecule has 100 valence electrons. The van der Waals surface area contributed by atoms with Crippen LogP contribution in [0.15, 0.2) is 18.2 Å². The van der Waals surface area contributed by atoms with Crippen LogP contribution in [0.4, 0.5) is 18.9 Å². The first-order chi connectivity index (χ1) is 8.25.